The number of carbonyl (C=O) groups is 2. The van der Waals surface area contributed by atoms with Crippen LogP contribution >= 0.6 is 0 Å². The standard InChI is InChI=1S/C46H82O4/c1-3-5-7-9-11-13-14-15-16-17-18-19-20-21-22-27-31-35-39-43-46(49)50-44(40-36-32-28-24-12-10-8-6-4-2)41-37-33-29-25-23-26-30-34-38-42-45(47)48/h11,13,15-16,18-19,21-22,44H,3-10,12,14,17,20,23-43H2,1-2H3,(H,47,48)/b13-11-,16-15-,19-18-,22-21-. The zero-order chi connectivity index (χ0) is 36.4. The van der Waals surface area contributed by atoms with Crippen molar-refractivity contribution in [2.24, 2.45) is 0 Å². The highest BCUT2D eigenvalue weighted by atomic mass is 16.5. The Balaban J connectivity index is 4.11. The topological polar surface area (TPSA) is 63.6 Å². The number of unbranched alkanes of at least 4 members (excludes halogenated alkanes) is 22. The first kappa shape index (κ1) is 47.9. The Hall–Kier alpha value is -2.10. The SMILES string of the molecule is CCCCC/C=C\C/C=C\C/C=C\C/C=C\CCCCCC(=O)OC(CCCCCCCCCCC)CCCCCCCCCCCC(=O)O. The minimum absolute atomic E-state index is 0.00606. The monoisotopic (exact) mass is 699 g/mol. The molecule has 0 aliphatic heterocycles. The lowest BCUT2D eigenvalue weighted by atomic mass is 10.0. The van der Waals surface area contributed by atoms with E-state index in [-0.39, 0.29) is 12.1 Å². The molecule has 4 heteroatoms. The Kier molecular flexibility index (Phi) is 39.6. The second-order valence-corrected chi connectivity index (χ2v) is 14.5. The van der Waals surface area contributed by atoms with Crippen molar-refractivity contribution >= 4 is 11.9 Å². The molecule has 0 aromatic carbocycles. The Morgan fingerprint density at radius 1 is 0.440 bits per heavy atom. The van der Waals surface area contributed by atoms with Gasteiger partial charge in [-0.2, -0.15) is 0 Å². The van der Waals surface area contributed by atoms with Gasteiger partial charge in [0.25, 0.3) is 0 Å². The third-order valence-electron chi connectivity index (χ3n) is 9.55. The normalized spacial score (nSPS) is 12.7. The minimum atomic E-state index is -0.680. The van der Waals surface area contributed by atoms with Gasteiger partial charge in [0.2, 0.25) is 0 Å². The second-order valence-electron chi connectivity index (χ2n) is 14.5. The van der Waals surface area contributed by atoms with E-state index in [1.165, 1.54) is 116 Å². The van der Waals surface area contributed by atoms with E-state index >= 15 is 0 Å². The van der Waals surface area contributed by atoms with Crippen LogP contribution in [0.3, 0.4) is 0 Å². The number of carboxylic acid groups (broad SMARTS) is 1. The number of rotatable bonds is 39. The van der Waals surface area contributed by atoms with E-state index in [2.05, 4.69) is 62.5 Å². The fourth-order valence-corrected chi connectivity index (χ4v) is 6.34. The maximum atomic E-state index is 12.7. The molecule has 1 N–H and O–H groups in total. The van der Waals surface area contributed by atoms with Crippen LogP contribution < -0.4 is 0 Å². The zero-order valence-electron chi connectivity index (χ0n) is 33.2. The molecular formula is C46H82O4. The molecule has 0 aliphatic rings. The molecule has 0 bridgehead atoms. The van der Waals surface area contributed by atoms with Crippen LogP contribution in [0.25, 0.3) is 0 Å². The van der Waals surface area contributed by atoms with Gasteiger partial charge in [-0.05, 0) is 83.5 Å². The van der Waals surface area contributed by atoms with Gasteiger partial charge in [-0.25, -0.2) is 0 Å². The minimum Gasteiger partial charge on any atom is -0.481 e. The molecule has 0 spiro atoms. The number of ether oxygens (including phenoxy) is 1. The Morgan fingerprint density at radius 2 is 0.780 bits per heavy atom. The number of hydrogen-bond donors (Lipinski definition) is 1. The quantitative estimate of drug-likeness (QED) is 0.0394. The summed E-state index contributed by atoms with van der Waals surface area (Å²) in [5.74, 6) is -0.674. The van der Waals surface area contributed by atoms with E-state index in [4.69, 9.17) is 9.84 Å². The number of carboxylic acids is 1. The average molecular weight is 699 g/mol. The van der Waals surface area contributed by atoms with Crippen LogP contribution in [0.4, 0.5) is 0 Å². The van der Waals surface area contributed by atoms with Crippen LogP contribution in [0.1, 0.15) is 226 Å². The molecule has 0 saturated heterocycles. The van der Waals surface area contributed by atoms with Crippen LogP contribution in [0, 0.1) is 0 Å². The lowest BCUT2D eigenvalue weighted by Crippen LogP contribution is -2.18. The molecule has 0 radical (unpaired) electrons. The van der Waals surface area contributed by atoms with Crippen LogP contribution in [0.2, 0.25) is 0 Å². The van der Waals surface area contributed by atoms with Gasteiger partial charge in [-0.15, -0.1) is 0 Å². The van der Waals surface area contributed by atoms with Crippen molar-refractivity contribution in [3.05, 3.63) is 48.6 Å². The van der Waals surface area contributed by atoms with Gasteiger partial charge in [0, 0.05) is 12.8 Å². The molecule has 50 heavy (non-hydrogen) atoms. The van der Waals surface area contributed by atoms with E-state index in [1.54, 1.807) is 0 Å². The highest BCUT2D eigenvalue weighted by Gasteiger charge is 2.14. The van der Waals surface area contributed by atoms with Crippen molar-refractivity contribution in [2.75, 3.05) is 0 Å². The van der Waals surface area contributed by atoms with E-state index in [1.807, 2.05) is 0 Å². The summed E-state index contributed by atoms with van der Waals surface area (Å²) in [5, 5.41) is 8.74. The van der Waals surface area contributed by atoms with Gasteiger partial charge in [0.15, 0.2) is 0 Å². The van der Waals surface area contributed by atoms with Crippen molar-refractivity contribution in [1.82, 2.24) is 0 Å². The number of aliphatic carboxylic acids is 1. The number of carbonyl (C=O) groups excluding carboxylic acids is 1. The molecule has 0 aliphatic carbocycles. The molecule has 0 fully saturated rings. The number of allylic oxidation sites excluding steroid dienone is 8. The second kappa shape index (κ2) is 41.3. The van der Waals surface area contributed by atoms with E-state index in [9.17, 15) is 9.59 Å². The van der Waals surface area contributed by atoms with Crippen LogP contribution in [-0.2, 0) is 14.3 Å². The van der Waals surface area contributed by atoms with Gasteiger partial charge in [0.05, 0.1) is 0 Å². The first-order chi connectivity index (χ1) is 24.6. The van der Waals surface area contributed by atoms with Gasteiger partial charge in [-0.1, -0.05) is 178 Å². The van der Waals surface area contributed by atoms with Crippen LogP contribution in [0.5, 0.6) is 0 Å². The molecule has 4 nitrogen and oxygen atoms in total. The Bertz CT molecular complexity index is 839. The highest BCUT2D eigenvalue weighted by Crippen LogP contribution is 2.19. The Labute approximate surface area is 311 Å². The van der Waals surface area contributed by atoms with E-state index in [0.29, 0.717) is 12.8 Å². The first-order valence-corrected chi connectivity index (χ1v) is 21.6. The summed E-state index contributed by atoms with van der Waals surface area (Å²) in [5.41, 5.74) is 0. The summed E-state index contributed by atoms with van der Waals surface area (Å²) < 4.78 is 6.05. The van der Waals surface area contributed by atoms with Crippen LogP contribution in [0.15, 0.2) is 48.6 Å². The highest BCUT2D eigenvalue weighted by molar-refractivity contribution is 5.69. The third kappa shape index (κ3) is 40.3. The molecule has 1 unspecified atom stereocenters. The fourth-order valence-electron chi connectivity index (χ4n) is 6.34. The molecule has 1 atom stereocenters. The summed E-state index contributed by atoms with van der Waals surface area (Å²) >= 11 is 0. The van der Waals surface area contributed by atoms with Gasteiger partial charge in [-0.3, -0.25) is 9.59 Å². The summed E-state index contributed by atoms with van der Waals surface area (Å²) in [7, 11) is 0. The first-order valence-electron chi connectivity index (χ1n) is 21.6. The molecule has 290 valence electrons. The van der Waals surface area contributed by atoms with Crippen molar-refractivity contribution in [2.45, 2.75) is 232 Å². The molecule has 0 aromatic rings. The molecular weight excluding hydrogens is 617 g/mol. The number of hydrogen-bond acceptors (Lipinski definition) is 3. The third-order valence-corrected chi connectivity index (χ3v) is 9.55. The largest absolute Gasteiger partial charge is 0.481 e. The smallest absolute Gasteiger partial charge is 0.306 e. The van der Waals surface area contributed by atoms with Gasteiger partial charge in [0.1, 0.15) is 6.10 Å². The lowest BCUT2D eigenvalue weighted by molar-refractivity contribution is -0.150. The van der Waals surface area contributed by atoms with Crippen molar-refractivity contribution < 1.29 is 19.4 Å². The van der Waals surface area contributed by atoms with Gasteiger partial charge >= 0.3 is 11.9 Å². The summed E-state index contributed by atoms with van der Waals surface area (Å²) in [6, 6.07) is 0. The predicted molar refractivity (Wildman–Crippen MR) is 218 cm³/mol. The van der Waals surface area contributed by atoms with E-state index < -0.39 is 5.97 Å². The average Bonchev–Trinajstić information content (AvgIpc) is 3.10. The van der Waals surface area contributed by atoms with Crippen molar-refractivity contribution in [3.8, 4) is 0 Å². The molecule has 0 rings (SSSR count). The van der Waals surface area contributed by atoms with Crippen molar-refractivity contribution in [1.29, 1.82) is 0 Å². The maximum Gasteiger partial charge on any atom is 0.306 e. The maximum absolute atomic E-state index is 12.7. The summed E-state index contributed by atoms with van der Waals surface area (Å²) in [6.45, 7) is 4.52. The van der Waals surface area contributed by atoms with Crippen LogP contribution in [-0.4, -0.2) is 23.1 Å². The number of esters is 1. The lowest BCUT2D eigenvalue weighted by Gasteiger charge is -2.18. The molecule has 0 heterocycles. The fraction of sp³-hybridized carbons (Fsp3) is 0.783. The summed E-state index contributed by atoms with van der Waals surface area (Å²) in [4.78, 5) is 23.3. The molecule has 0 aromatic heterocycles. The predicted octanol–water partition coefficient (Wildman–Crippen LogP) is 15.1. The molecule has 0 saturated carbocycles. The van der Waals surface area contributed by atoms with E-state index in [0.717, 1.165) is 83.5 Å². The summed E-state index contributed by atoms with van der Waals surface area (Å²) in [6.07, 6.45) is 55.7. The zero-order valence-corrected chi connectivity index (χ0v) is 33.2. The Morgan fingerprint density at radius 3 is 1.24 bits per heavy atom. The molecule has 0 amide bonds. The van der Waals surface area contributed by atoms with Gasteiger partial charge < -0.3 is 9.84 Å². The van der Waals surface area contributed by atoms with Crippen molar-refractivity contribution in [3.63, 3.8) is 0 Å².